The summed E-state index contributed by atoms with van der Waals surface area (Å²) < 4.78 is 18.3. The number of amides is 1. The fourth-order valence-electron chi connectivity index (χ4n) is 3.84. The van der Waals surface area contributed by atoms with Crippen molar-refractivity contribution >= 4 is 22.4 Å². The van der Waals surface area contributed by atoms with Crippen molar-refractivity contribution in [1.29, 1.82) is 0 Å². The lowest BCUT2D eigenvalue weighted by molar-refractivity contribution is 0.0713. The summed E-state index contributed by atoms with van der Waals surface area (Å²) in [6.45, 7) is 9.11. The zero-order valence-corrected chi connectivity index (χ0v) is 19.1. The molecule has 0 radical (unpaired) electrons. The van der Waals surface area contributed by atoms with Crippen molar-refractivity contribution in [1.82, 2.24) is 4.90 Å². The summed E-state index contributed by atoms with van der Waals surface area (Å²) in [5.41, 5.74) is 4.86. The van der Waals surface area contributed by atoms with Gasteiger partial charge in [0, 0.05) is 36.8 Å². The van der Waals surface area contributed by atoms with Crippen molar-refractivity contribution in [2.24, 2.45) is 0 Å². The number of piperazine rings is 1. The number of anilines is 1. The molecular weight excluding hydrogens is 408 g/mol. The van der Waals surface area contributed by atoms with Crippen LogP contribution in [0.25, 0.3) is 0 Å². The maximum Gasteiger partial charge on any atom is 0.289 e. The van der Waals surface area contributed by atoms with E-state index in [-0.39, 0.29) is 11.7 Å². The van der Waals surface area contributed by atoms with Crippen LogP contribution in [0.1, 0.15) is 33.0 Å². The molecule has 1 atom stereocenters. The number of carbonyl (C=O) groups excluding carboxylic acids is 1. The van der Waals surface area contributed by atoms with Gasteiger partial charge in [0.1, 0.15) is 5.76 Å². The number of hydrogen-bond acceptors (Lipinski definition) is 4. The van der Waals surface area contributed by atoms with E-state index >= 15 is 0 Å². The third-order valence-corrected chi connectivity index (χ3v) is 7.05. The molecule has 5 nitrogen and oxygen atoms in total. The Hall–Kier alpha value is -2.86. The smallest absolute Gasteiger partial charge is 0.289 e. The Bertz CT molecular complexity index is 1100. The lowest BCUT2D eigenvalue weighted by atomic mass is 10.1. The number of carbonyl (C=O) groups is 1. The van der Waals surface area contributed by atoms with Crippen molar-refractivity contribution in [2.75, 3.05) is 31.1 Å². The largest absolute Gasteiger partial charge is 0.455 e. The van der Waals surface area contributed by atoms with Crippen LogP contribution in [-0.4, -0.2) is 41.2 Å². The molecule has 1 fully saturated rings. The highest BCUT2D eigenvalue weighted by Gasteiger charge is 2.25. The third kappa shape index (κ3) is 4.90. The summed E-state index contributed by atoms with van der Waals surface area (Å²) in [5, 5.41) is 0. The Morgan fingerprint density at radius 1 is 0.903 bits per heavy atom. The molecule has 6 heteroatoms. The predicted molar refractivity (Wildman–Crippen MR) is 124 cm³/mol. The molecular formula is C25H28N2O3S. The van der Waals surface area contributed by atoms with Crippen LogP contribution >= 0.6 is 0 Å². The first kappa shape index (κ1) is 21.4. The third-order valence-electron chi connectivity index (χ3n) is 5.70. The fraction of sp³-hybridized carbons (Fsp3) is 0.320. The molecule has 1 aliphatic heterocycles. The average Bonchev–Trinajstić information content (AvgIpc) is 3.24. The SMILES string of the molecule is Cc1ccc([S@](=O)Cc2ccc(C(=O)N3CCN(c4cc(C)ccc4C)CC3)o2)cc1. The van der Waals surface area contributed by atoms with Gasteiger partial charge in [0.2, 0.25) is 0 Å². The summed E-state index contributed by atoms with van der Waals surface area (Å²) in [7, 11) is -1.20. The maximum absolute atomic E-state index is 12.9. The van der Waals surface area contributed by atoms with Gasteiger partial charge < -0.3 is 14.2 Å². The molecule has 0 bridgehead atoms. The minimum atomic E-state index is -1.20. The molecule has 0 aliphatic carbocycles. The van der Waals surface area contributed by atoms with Gasteiger partial charge in [0.05, 0.1) is 16.6 Å². The molecule has 3 aromatic rings. The van der Waals surface area contributed by atoms with Gasteiger partial charge in [-0.3, -0.25) is 9.00 Å². The molecule has 1 saturated heterocycles. The first-order valence-corrected chi connectivity index (χ1v) is 11.9. The first-order valence-electron chi connectivity index (χ1n) is 10.6. The Morgan fingerprint density at radius 2 is 1.58 bits per heavy atom. The van der Waals surface area contributed by atoms with E-state index in [9.17, 15) is 9.00 Å². The Morgan fingerprint density at radius 3 is 2.29 bits per heavy atom. The van der Waals surface area contributed by atoms with Crippen LogP contribution in [0.5, 0.6) is 0 Å². The van der Waals surface area contributed by atoms with Crippen LogP contribution in [0.15, 0.2) is 63.9 Å². The van der Waals surface area contributed by atoms with E-state index in [0.717, 1.165) is 23.5 Å². The van der Waals surface area contributed by atoms with Crippen LogP contribution in [0, 0.1) is 20.8 Å². The summed E-state index contributed by atoms with van der Waals surface area (Å²) in [6, 6.07) is 17.6. The van der Waals surface area contributed by atoms with Crippen LogP contribution in [0.3, 0.4) is 0 Å². The van der Waals surface area contributed by atoms with Crippen molar-refractivity contribution in [3.8, 4) is 0 Å². The lowest BCUT2D eigenvalue weighted by Gasteiger charge is -2.36. The number of rotatable bonds is 5. The minimum absolute atomic E-state index is 0.104. The number of nitrogens with zero attached hydrogens (tertiary/aromatic N) is 2. The highest BCUT2D eigenvalue weighted by Crippen LogP contribution is 2.24. The van der Waals surface area contributed by atoms with Gasteiger partial charge in [0.15, 0.2) is 5.76 Å². The Kier molecular flexibility index (Phi) is 6.28. The zero-order valence-electron chi connectivity index (χ0n) is 18.3. The van der Waals surface area contributed by atoms with E-state index < -0.39 is 10.8 Å². The molecule has 0 saturated carbocycles. The summed E-state index contributed by atoms with van der Waals surface area (Å²) in [4.78, 5) is 17.8. The van der Waals surface area contributed by atoms with Crippen molar-refractivity contribution in [3.63, 3.8) is 0 Å². The van der Waals surface area contributed by atoms with E-state index in [0.29, 0.717) is 24.6 Å². The van der Waals surface area contributed by atoms with E-state index in [1.807, 2.05) is 36.1 Å². The molecule has 1 aliphatic rings. The maximum atomic E-state index is 12.9. The second kappa shape index (κ2) is 9.10. The molecule has 31 heavy (non-hydrogen) atoms. The number of aryl methyl sites for hydroxylation is 3. The topological polar surface area (TPSA) is 53.8 Å². The van der Waals surface area contributed by atoms with Crippen molar-refractivity contribution in [2.45, 2.75) is 31.4 Å². The lowest BCUT2D eigenvalue weighted by Crippen LogP contribution is -2.49. The van der Waals surface area contributed by atoms with E-state index in [2.05, 4.69) is 36.9 Å². The zero-order chi connectivity index (χ0) is 22.0. The van der Waals surface area contributed by atoms with Gasteiger partial charge in [-0.2, -0.15) is 0 Å². The standard InChI is InChI=1S/C25H28N2O3S/c1-18-5-9-22(10-6-18)31(29)17-21-8-11-24(30-21)25(28)27-14-12-26(13-15-27)23-16-19(2)4-7-20(23)3/h4-11,16H,12-15,17H2,1-3H3/t31-/m1/s1. The minimum Gasteiger partial charge on any atom is -0.455 e. The van der Waals surface area contributed by atoms with Gasteiger partial charge in [-0.1, -0.05) is 29.8 Å². The Balaban J connectivity index is 1.36. The number of furan rings is 1. The molecule has 0 unspecified atom stereocenters. The molecule has 4 rings (SSSR count). The van der Waals surface area contributed by atoms with Crippen molar-refractivity contribution in [3.05, 3.63) is 82.8 Å². The average molecular weight is 437 g/mol. The van der Waals surface area contributed by atoms with Gasteiger partial charge >= 0.3 is 0 Å². The second-order valence-electron chi connectivity index (χ2n) is 8.14. The van der Waals surface area contributed by atoms with E-state index in [1.165, 1.54) is 16.8 Å². The number of hydrogen-bond donors (Lipinski definition) is 0. The predicted octanol–water partition coefficient (Wildman–Crippen LogP) is 4.48. The number of benzene rings is 2. The highest BCUT2D eigenvalue weighted by molar-refractivity contribution is 7.84. The van der Waals surface area contributed by atoms with E-state index in [4.69, 9.17) is 4.42 Å². The normalized spacial score (nSPS) is 15.2. The van der Waals surface area contributed by atoms with Crippen LogP contribution in [-0.2, 0) is 16.6 Å². The monoisotopic (exact) mass is 436 g/mol. The van der Waals surface area contributed by atoms with Gasteiger partial charge in [-0.05, 0) is 62.2 Å². The summed E-state index contributed by atoms with van der Waals surface area (Å²) >= 11 is 0. The first-order chi connectivity index (χ1) is 14.9. The van der Waals surface area contributed by atoms with Crippen LogP contribution in [0.4, 0.5) is 5.69 Å². The van der Waals surface area contributed by atoms with Gasteiger partial charge in [-0.15, -0.1) is 0 Å². The molecule has 0 spiro atoms. The summed E-state index contributed by atoms with van der Waals surface area (Å²) in [5.74, 6) is 1.04. The molecule has 2 aromatic carbocycles. The Labute approximate surface area is 186 Å². The molecule has 1 aromatic heterocycles. The van der Waals surface area contributed by atoms with Gasteiger partial charge in [-0.25, -0.2) is 0 Å². The van der Waals surface area contributed by atoms with E-state index in [1.54, 1.807) is 12.1 Å². The van der Waals surface area contributed by atoms with Crippen molar-refractivity contribution < 1.29 is 13.4 Å². The molecule has 1 amide bonds. The van der Waals surface area contributed by atoms with Crippen LogP contribution in [0.2, 0.25) is 0 Å². The second-order valence-corrected chi connectivity index (χ2v) is 9.59. The summed E-state index contributed by atoms with van der Waals surface area (Å²) in [6.07, 6.45) is 0. The van der Waals surface area contributed by atoms with Gasteiger partial charge in [0.25, 0.3) is 5.91 Å². The fourth-order valence-corrected chi connectivity index (χ4v) is 4.86. The molecule has 162 valence electrons. The molecule has 0 N–H and O–H groups in total. The molecule has 2 heterocycles. The van der Waals surface area contributed by atoms with Crippen LogP contribution < -0.4 is 4.90 Å². The quantitative estimate of drug-likeness (QED) is 0.592. The highest BCUT2D eigenvalue weighted by atomic mass is 32.2.